The Morgan fingerprint density at radius 1 is 1.19 bits per heavy atom. The molecule has 0 radical (unpaired) electrons. The van der Waals surface area contributed by atoms with Gasteiger partial charge >= 0.3 is 0 Å². The van der Waals surface area contributed by atoms with Crippen molar-refractivity contribution in [2.24, 2.45) is 4.99 Å². The highest BCUT2D eigenvalue weighted by Crippen LogP contribution is 2.20. The molecule has 2 N–H and O–H groups in total. The Balaban J connectivity index is 0.00000364. The molecule has 1 heterocycles. The molecule has 1 aromatic heterocycles. The summed E-state index contributed by atoms with van der Waals surface area (Å²) in [7, 11) is 1.72. The topological polar surface area (TPSA) is 58.5 Å². The number of nitrogens with zero attached hydrogens (tertiary/aromatic N) is 2. The van der Waals surface area contributed by atoms with Crippen LogP contribution >= 0.6 is 35.3 Å². The largest absolute Gasteiger partial charge is 0.496 e. The molecule has 150 valence electrons. The zero-order chi connectivity index (χ0) is 18.9. The van der Waals surface area contributed by atoms with Gasteiger partial charge in [0.2, 0.25) is 0 Å². The first-order valence-corrected chi connectivity index (χ1v) is 9.93. The van der Waals surface area contributed by atoms with Gasteiger partial charge in [0.15, 0.2) is 5.96 Å². The van der Waals surface area contributed by atoms with Crippen molar-refractivity contribution in [1.82, 2.24) is 15.6 Å². The van der Waals surface area contributed by atoms with E-state index in [-0.39, 0.29) is 24.0 Å². The van der Waals surface area contributed by atoms with E-state index in [9.17, 15) is 0 Å². The predicted octanol–water partition coefficient (Wildman–Crippen LogP) is 4.04. The second-order valence-electron chi connectivity index (χ2n) is 6.24. The van der Waals surface area contributed by atoms with Crippen LogP contribution in [0.25, 0.3) is 0 Å². The van der Waals surface area contributed by atoms with E-state index >= 15 is 0 Å². The van der Waals surface area contributed by atoms with Crippen molar-refractivity contribution < 1.29 is 4.74 Å². The summed E-state index contributed by atoms with van der Waals surface area (Å²) in [6, 6.07) is 6.28. The van der Waals surface area contributed by atoms with E-state index in [0.29, 0.717) is 0 Å². The maximum Gasteiger partial charge on any atom is 0.191 e. The molecule has 5 nitrogen and oxygen atoms in total. The van der Waals surface area contributed by atoms with Gasteiger partial charge in [-0.15, -0.1) is 35.3 Å². The van der Waals surface area contributed by atoms with E-state index < -0.39 is 0 Å². The molecule has 1 aromatic carbocycles. The maximum atomic E-state index is 5.45. The minimum atomic E-state index is 0. The Kier molecular flexibility index (Phi) is 10.7. The first kappa shape index (κ1) is 23.7. The maximum absolute atomic E-state index is 5.45. The highest BCUT2D eigenvalue weighted by molar-refractivity contribution is 14.0. The lowest BCUT2D eigenvalue weighted by Gasteiger charge is -2.13. The van der Waals surface area contributed by atoms with E-state index in [2.05, 4.69) is 55.4 Å². The number of hydrogen-bond donors (Lipinski definition) is 2. The molecular weight excluding hydrogens is 471 g/mol. The Morgan fingerprint density at radius 2 is 1.96 bits per heavy atom. The standard InChI is InChI=1S/C20H30N4OS.HI/c1-6-21-20(23-12-10-19-15(3)24-16(4)26-19)22-11-9-17-13-14(2)7-8-18(17)25-5;/h7-8,13H,6,9-12H2,1-5H3,(H2,21,22,23);1H. The number of methoxy groups -OCH3 is 1. The van der Waals surface area contributed by atoms with Crippen LogP contribution in [0.4, 0.5) is 0 Å². The number of aromatic nitrogens is 1. The van der Waals surface area contributed by atoms with E-state index in [1.807, 2.05) is 6.07 Å². The molecule has 0 spiro atoms. The number of aliphatic imine (C=N–C) groups is 1. The van der Waals surface area contributed by atoms with Crippen LogP contribution in [0.15, 0.2) is 23.2 Å². The molecule has 0 bridgehead atoms. The fourth-order valence-corrected chi connectivity index (χ4v) is 3.76. The Morgan fingerprint density at radius 3 is 2.59 bits per heavy atom. The van der Waals surface area contributed by atoms with Crippen molar-refractivity contribution in [1.29, 1.82) is 0 Å². The average Bonchev–Trinajstić information content (AvgIpc) is 2.92. The molecule has 0 fully saturated rings. The average molecular weight is 502 g/mol. The second kappa shape index (κ2) is 12.2. The molecule has 0 saturated heterocycles. The number of rotatable bonds is 8. The van der Waals surface area contributed by atoms with E-state index in [0.717, 1.165) is 54.9 Å². The molecule has 0 amide bonds. The van der Waals surface area contributed by atoms with Crippen LogP contribution in [0.1, 0.15) is 33.6 Å². The summed E-state index contributed by atoms with van der Waals surface area (Å²) in [6.07, 6.45) is 1.82. The zero-order valence-electron chi connectivity index (χ0n) is 16.9. The molecule has 0 atom stereocenters. The van der Waals surface area contributed by atoms with E-state index in [1.165, 1.54) is 16.0 Å². The summed E-state index contributed by atoms with van der Waals surface area (Å²) < 4.78 is 5.45. The summed E-state index contributed by atoms with van der Waals surface area (Å²) in [5, 5.41) is 7.85. The van der Waals surface area contributed by atoms with Gasteiger partial charge in [0, 0.05) is 30.9 Å². The Hall–Kier alpha value is -1.35. The minimum Gasteiger partial charge on any atom is -0.496 e. The molecule has 0 aliphatic rings. The van der Waals surface area contributed by atoms with Crippen LogP contribution in [0.5, 0.6) is 5.75 Å². The van der Waals surface area contributed by atoms with Gasteiger partial charge < -0.3 is 15.4 Å². The Bertz CT molecular complexity index is 746. The van der Waals surface area contributed by atoms with Crippen LogP contribution in [0, 0.1) is 20.8 Å². The van der Waals surface area contributed by atoms with E-state index in [1.54, 1.807) is 18.4 Å². The van der Waals surface area contributed by atoms with Gasteiger partial charge in [-0.25, -0.2) is 4.98 Å². The molecule has 7 heteroatoms. The Labute approximate surface area is 184 Å². The first-order chi connectivity index (χ1) is 12.5. The van der Waals surface area contributed by atoms with Crippen molar-refractivity contribution in [3.63, 3.8) is 0 Å². The van der Waals surface area contributed by atoms with Crippen LogP contribution in [-0.2, 0) is 12.8 Å². The number of hydrogen-bond acceptors (Lipinski definition) is 4. The SMILES string of the molecule is CCNC(=NCCc1sc(C)nc1C)NCCc1cc(C)ccc1OC.I. The molecule has 0 aliphatic carbocycles. The van der Waals surface area contributed by atoms with Gasteiger partial charge in [-0.05, 0) is 45.7 Å². The minimum absolute atomic E-state index is 0. The zero-order valence-corrected chi connectivity index (χ0v) is 20.0. The van der Waals surface area contributed by atoms with Crippen molar-refractivity contribution in [2.75, 3.05) is 26.7 Å². The normalized spacial score (nSPS) is 11.1. The molecule has 2 aromatic rings. The van der Waals surface area contributed by atoms with E-state index in [4.69, 9.17) is 9.73 Å². The third-order valence-corrected chi connectivity index (χ3v) is 5.21. The number of ether oxygens (including phenoxy) is 1. The molecule has 0 aliphatic heterocycles. The lowest BCUT2D eigenvalue weighted by atomic mass is 10.1. The summed E-state index contributed by atoms with van der Waals surface area (Å²) >= 11 is 1.76. The van der Waals surface area contributed by atoms with Crippen LogP contribution in [-0.4, -0.2) is 37.7 Å². The molecule has 0 unspecified atom stereocenters. The first-order valence-electron chi connectivity index (χ1n) is 9.12. The summed E-state index contributed by atoms with van der Waals surface area (Å²) in [4.78, 5) is 10.5. The predicted molar refractivity (Wildman–Crippen MR) is 126 cm³/mol. The molecule has 0 saturated carbocycles. The molecule has 27 heavy (non-hydrogen) atoms. The van der Waals surface area contributed by atoms with Gasteiger partial charge in [0.05, 0.1) is 17.8 Å². The van der Waals surface area contributed by atoms with Gasteiger partial charge in [0.25, 0.3) is 0 Å². The van der Waals surface area contributed by atoms with Gasteiger partial charge in [-0.2, -0.15) is 0 Å². The summed E-state index contributed by atoms with van der Waals surface area (Å²) in [5.41, 5.74) is 3.59. The fourth-order valence-electron chi connectivity index (χ4n) is 2.83. The monoisotopic (exact) mass is 502 g/mol. The molecule has 2 rings (SSSR count). The second-order valence-corrected chi connectivity index (χ2v) is 7.53. The quantitative estimate of drug-likeness (QED) is 0.325. The summed E-state index contributed by atoms with van der Waals surface area (Å²) in [5.74, 6) is 1.80. The van der Waals surface area contributed by atoms with Crippen LogP contribution < -0.4 is 15.4 Å². The van der Waals surface area contributed by atoms with Crippen molar-refractivity contribution in [3.05, 3.63) is 44.9 Å². The fraction of sp³-hybridized carbons (Fsp3) is 0.500. The van der Waals surface area contributed by atoms with Gasteiger partial charge in [-0.3, -0.25) is 4.99 Å². The number of benzene rings is 1. The van der Waals surface area contributed by atoms with Crippen LogP contribution in [0.2, 0.25) is 0 Å². The summed E-state index contributed by atoms with van der Waals surface area (Å²) in [6.45, 7) is 10.7. The molecular formula is C20H31IN4OS. The van der Waals surface area contributed by atoms with Gasteiger partial charge in [0.1, 0.15) is 5.75 Å². The van der Waals surface area contributed by atoms with Crippen molar-refractivity contribution in [3.8, 4) is 5.75 Å². The van der Waals surface area contributed by atoms with Crippen molar-refractivity contribution in [2.45, 2.75) is 40.5 Å². The smallest absolute Gasteiger partial charge is 0.191 e. The third kappa shape index (κ3) is 7.65. The van der Waals surface area contributed by atoms with Crippen molar-refractivity contribution >= 4 is 41.3 Å². The number of guanidine groups is 1. The number of nitrogens with one attached hydrogen (secondary N) is 2. The number of aryl methyl sites for hydroxylation is 3. The lowest BCUT2D eigenvalue weighted by Crippen LogP contribution is -2.38. The third-order valence-electron chi connectivity index (χ3n) is 4.08. The lowest BCUT2D eigenvalue weighted by molar-refractivity contribution is 0.409. The van der Waals surface area contributed by atoms with Crippen LogP contribution in [0.3, 0.4) is 0 Å². The highest BCUT2D eigenvalue weighted by atomic mass is 127. The van der Waals surface area contributed by atoms with Gasteiger partial charge in [-0.1, -0.05) is 17.7 Å². The number of thiazole rings is 1. The number of halogens is 1. The highest BCUT2D eigenvalue weighted by Gasteiger charge is 2.06.